The minimum atomic E-state index is -1.36. The van der Waals surface area contributed by atoms with Crippen LogP contribution < -0.4 is 0 Å². The van der Waals surface area contributed by atoms with Crippen LogP contribution in [0.25, 0.3) is 5.53 Å². The fraction of sp³-hybridized carbons (Fsp3) is 0.840. The maximum Gasteiger partial charge on any atom is 0.420 e. The standard InChI is InChI=1S/C25H38N2O3/c1-5-30-23(28)22(27-26)25(29)13-11-17-16(14-25)6-7-19-18(17)10-12-24(4)20(15(2)3)8-9-21(19)24/h16-21,29H,2,5-14H2,1,3-4H3/t16-,17-,18+,19+,20+,21-,24+,25?/m0/s1. The van der Waals surface area contributed by atoms with Crippen LogP contribution in [0, 0.1) is 40.9 Å². The van der Waals surface area contributed by atoms with Crippen molar-refractivity contribution >= 4 is 11.7 Å². The first kappa shape index (κ1) is 21.8. The smallest absolute Gasteiger partial charge is 0.420 e. The fourth-order valence-electron chi connectivity index (χ4n) is 8.43. The van der Waals surface area contributed by atoms with Crippen LogP contribution in [0.2, 0.25) is 0 Å². The first-order chi connectivity index (χ1) is 14.2. The molecular weight excluding hydrogens is 376 g/mol. The Balaban J connectivity index is 1.50. The van der Waals surface area contributed by atoms with E-state index in [1.807, 2.05) is 0 Å². The number of nitrogens with zero attached hydrogens (tertiary/aromatic N) is 2. The molecule has 8 atom stereocenters. The molecule has 4 rings (SSSR count). The van der Waals surface area contributed by atoms with Gasteiger partial charge in [-0.1, -0.05) is 19.1 Å². The third kappa shape index (κ3) is 3.29. The van der Waals surface area contributed by atoms with Gasteiger partial charge in [0.2, 0.25) is 0 Å². The highest BCUT2D eigenvalue weighted by Gasteiger charge is 2.59. The molecule has 0 saturated heterocycles. The summed E-state index contributed by atoms with van der Waals surface area (Å²) in [4.78, 5) is 15.4. The normalized spacial score (nSPS) is 44.8. The third-order valence-electron chi connectivity index (χ3n) is 9.61. The number of carbonyl (C=O) groups excluding carboxylic acids is 1. The van der Waals surface area contributed by atoms with Gasteiger partial charge in [-0.25, -0.2) is 4.79 Å². The molecule has 4 aliphatic carbocycles. The lowest BCUT2D eigenvalue weighted by atomic mass is 9.48. The molecule has 4 aliphatic rings. The third-order valence-corrected chi connectivity index (χ3v) is 9.61. The zero-order chi connectivity index (χ0) is 21.7. The quantitative estimate of drug-likeness (QED) is 0.236. The summed E-state index contributed by atoms with van der Waals surface area (Å²) in [5.74, 6) is 3.29. The Labute approximate surface area is 180 Å². The van der Waals surface area contributed by atoms with Gasteiger partial charge in [-0.3, -0.25) is 0 Å². The van der Waals surface area contributed by atoms with Crippen molar-refractivity contribution in [3.63, 3.8) is 0 Å². The van der Waals surface area contributed by atoms with Crippen LogP contribution in [0.3, 0.4) is 0 Å². The maximum atomic E-state index is 12.2. The molecule has 30 heavy (non-hydrogen) atoms. The average molecular weight is 415 g/mol. The first-order valence-corrected chi connectivity index (χ1v) is 12.0. The summed E-state index contributed by atoms with van der Waals surface area (Å²) in [7, 11) is 0. The Bertz CT molecular complexity index is 772. The molecule has 0 aromatic carbocycles. The number of esters is 1. The number of aliphatic hydroxyl groups is 1. The number of allylic oxidation sites excluding steroid dienone is 1. The van der Waals surface area contributed by atoms with E-state index in [9.17, 15) is 15.4 Å². The van der Waals surface area contributed by atoms with E-state index in [2.05, 4.69) is 25.2 Å². The van der Waals surface area contributed by atoms with E-state index in [0.717, 1.165) is 30.6 Å². The number of fused-ring (bicyclic) bond motifs is 5. The molecule has 4 saturated carbocycles. The van der Waals surface area contributed by atoms with Gasteiger partial charge in [0.15, 0.2) is 5.60 Å². The molecular formula is C25H38N2O3. The van der Waals surface area contributed by atoms with Crippen molar-refractivity contribution in [2.24, 2.45) is 40.9 Å². The second kappa shape index (κ2) is 7.91. The van der Waals surface area contributed by atoms with E-state index in [-0.39, 0.29) is 12.3 Å². The summed E-state index contributed by atoms with van der Waals surface area (Å²) in [5.41, 5.74) is 9.65. The summed E-state index contributed by atoms with van der Waals surface area (Å²) in [6, 6.07) is 0. The van der Waals surface area contributed by atoms with Gasteiger partial charge >= 0.3 is 11.7 Å². The number of ether oxygens (including phenoxy) is 1. The van der Waals surface area contributed by atoms with Crippen molar-refractivity contribution in [2.45, 2.75) is 84.2 Å². The van der Waals surface area contributed by atoms with Crippen LogP contribution in [0.5, 0.6) is 0 Å². The largest absolute Gasteiger partial charge is 0.457 e. The molecule has 5 nitrogen and oxygen atoms in total. The van der Waals surface area contributed by atoms with E-state index >= 15 is 0 Å². The van der Waals surface area contributed by atoms with E-state index in [0.29, 0.717) is 36.0 Å². The van der Waals surface area contributed by atoms with E-state index < -0.39 is 11.6 Å². The van der Waals surface area contributed by atoms with Crippen molar-refractivity contribution in [2.75, 3.05) is 6.61 Å². The van der Waals surface area contributed by atoms with Crippen molar-refractivity contribution < 1.29 is 19.4 Å². The average Bonchev–Trinajstić information content (AvgIpc) is 3.05. The van der Waals surface area contributed by atoms with Gasteiger partial charge in [0.05, 0.1) is 6.61 Å². The number of hydrogen-bond acceptors (Lipinski definition) is 3. The Morgan fingerprint density at radius 1 is 1.13 bits per heavy atom. The van der Waals surface area contributed by atoms with Crippen LogP contribution in [0.1, 0.15) is 78.6 Å². The van der Waals surface area contributed by atoms with Gasteiger partial charge in [-0.05, 0) is 113 Å². The SMILES string of the molecule is C=C(C)[C@H]1CC[C@H]2[C@@H]3CC[C@H]4CC(O)(C(=[N+]=[N-])C(=O)OCC)CC[C@@H]4[C@H]3CC[C@]12C. The van der Waals surface area contributed by atoms with Crippen LogP contribution >= 0.6 is 0 Å². The molecule has 4 fully saturated rings. The predicted molar refractivity (Wildman–Crippen MR) is 116 cm³/mol. The van der Waals surface area contributed by atoms with E-state index in [1.165, 1.54) is 37.7 Å². The lowest BCUT2D eigenvalue weighted by Gasteiger charge is -2.56. The van der Waals surface area contributed by atoms with Crippen molar-refractivity contribution in [3.8, 4) is 0 Å². The molecule has 5 heteroatoms. The molecule has 1 N–H and O–H groups in total. The molecule has 1 unspecified atom stereocenters. The molecule has 0 spiro atoms. The van der Waals surface area contributed by atoms with Crippen LogP contribution in [0.4, 0.5) is 0 Å². The highest BCUT2D eigenvalue weighted by Crippen LogP contribution is 2.65. The lowest BCUT2D eigenvalue weighted by molar-refractivity contribution is -0.146. The van der Waals surface area contributed by atoms with Gasteiger partial charge in [0.1, 0.15) is 0 Å². The topological polar surface area (TPSA) is 82.9 Å². The number of carbonyl (C=O) groups is 1. The summed E-state index contributed by atoms with van der Waals surface area (Å²) < 4.78 is 5.03. The summed E-state index contributed by atoms with van der Waals surface area (Å²) in [5, 5.41) is 11.2. The van der Waals surface area contributed by atoms with E-state index in [1.54, 1.807) is 6.92 Å². The summed E-state index contributed by atoms with van der Waals surface area (Å²) in [6.07, 6.45) is 9.39. The monoisotopic (exact) mass is 414 g/mol. The second-order valence-electron chi connectivity index (χ2n) is 10.9. The summed E-state index contributed by atoms with van der Waals surface area (Å²) >= 11 is 0. The molecule has 0 amide bonds. The van der Waals surface area contributed by atoms with Crippen LogP contribution in [-0.4, -0.2) is 33.8 Å². The summed E-state index contributed by atoms with van der Waals surface area (Å²) in [6.45, 7) is 11.0. The van der Waals surface area contributed by atoms with E-state index in [4.69, 9.17) is 4.74 Å². The van der Waals surface area contributed by atoms with Crippen molar-refractivity contribution in [3.05, 3.63) is 17.7 Å². The fourth-order valence-corrected chi connectivity index (χ4v) is 8.43. The van der Waals surface area contributed by atoms with Gasteiger partial charge in [0.25, 0.3) is 0 Å². The van der Waals surface area contributed by atoms with Gasteiger partial charge in [-0.2, -0.15) is 4.79 Å². The van der Waals surface area contributed by atoms with Gasteiger partial charge < -0.3 is 15.4 Å². The van der Waals surface area contributed by atoms with Gasteiger partial charge in [0, 0.05) is 0 Å². The predicted octanol–water partition coefficient (Wildman–Crippen LogP) is 4.80. The van der Waals surface area contributed by atoms with Crippen LogP contribution in [0.15, 0.2) is 12.2 Å². The van der Waals surface area contributed by atoms with Crippen molar-refractivity contribution in [1.29, 1.82) is 0 Å². The first-order valence-electron chi connectivity index (χ1n) is 12.0. The molecule has 0 aromatic rings. The maximum absolute atomic E-state index is 12.2. The zero-order valence-corrected chi connectivity index (χ0v) is 18.9. The second-order valence-corrected chi connectivity index (χ2v) is 10.9. The van der Waals surface area contributed by atoms with Crippen molar-refractivity contribution in [1.82, 2.24) is 0 Å². The molecule has 0 bridgehead atoms. The Morgan fingerprint density at radius 3 is 2.53 bits per heavy atom. The molecule has 166 valence electrons. The number of rotatable bonds is 4. The Morgan fingerprint density at radius 2 is 1.87 bits per heavy atom. The van der Waals surface area contributed by atoms with Gasteiger partial charge in [-0.15, -0.1) is 0 Å². The zero-order valence-electron chi connectivity index (χ0n) is 18.9. The Hall–Kier alpha value is -1.45. The minimum Gasteiger partial charge on any atom is -0.457 e. The molecule has 0 aliphatic heterocycles. The molecule has 0 radical (unpaired) electrons. The molecule has 0 aromatic heterocycles. The lowest BCUT2D eigenvalue weighted by Crippen LogP contribution is -2.54. The number of hydrogen-bond donors (Lipinski definition) is 1. The highest BCUT2D eigenvalue weighted by molar-refractivity contribution is 6.37. The molecule has 0 heterocycles. The Kier molecular flexibility index (Phi) is 5.74. The van der Waals surface area contributed by atoms with Crippen LogP contribution in [-0.2, 0) is 9.53 Å². The highest BCUT2D eigenvalue weighted by atomic mass is 16.5. The minimum absolute atomic E-state index is 0.203.